The van der Waals surface area contributed by atoms with Crippen LogP contribution >= 0.6 is 54.5 Å². The largest absolute Gasteiger partial charge is 0.321 e. The van der Waals surface area contributed by atoms with Gasteiger partial charge < -0.3 is 5.32 Å². The summed E-state index contributed by atoms with van der Waals surface area (Å²) in [6.45, 7) is 0. The van der Waals surface area contributed by atoms with Crippen molar-refractivity contribution in [1.29, 1.82) is 0 Å². The average Bonchev–Trinajstić information content (AvgIpc) is 2.32. The minimum Gasteiger partial charge on any atom is -0.321 e. The van der Waals surface area contributed by atoms with E-state index in [1.807, 2.05) is 12.1 Å². The molecular formula is C13H7Br2FINO. The lowest BCUT2D eigenvalue weighted by molar-refractivity contribution is 0.102. The summed E-state index contributed by atoms with van der Waals surface area (Å²) in [5.74, 6) is -0.806. The van der Waals surface area contributed by atoms with Crippen molar-refractivity contribution in [2.45, 2.75) is 0 Å². The number of halogens is 4. The van der Waals surface area contributed by atoms with Crippen molar-refractivity contribution in [2.24, 2.45) is 0 Å². The molecule has 98 valence electrons. The maximum absolute atomic E-state index is 13.3. The smallest absolute Gasteiger partial charge is 0.255 e. The van der Waals surface area contributed by atoms with Gasteiger partial charge in [0.1, 0.15) is 5.82 Å². The Labute approximate surface area is 140 Å². The first-order valence-corrected chi connectivity index (χ1v) is 7.84. The molecule has 2 nitrogen and oxygen atoms in total. The number of amides is 1. The van der Waals surface area contributed by atoms with Crippen LogP contribution in [0.15, 0.2) is 45.3 Å². The van der Waals surface area contributed by atoms with E-state index in [-0.39, 0.29) is 11.5 Å². The van der Waals surface area contributed by atoms with Gasteiger partial charge in [0, 0.05) is 18.1 Å². The highest BCUT2D eigenvalue weighted by atomic mass is 127. The highest BCUT2D eigenvalue weighted by molar-refractivity contribution is 14.1. The second-order valence-corrected chi connectivity index (χ2v) is 6.73. The van der Waals surface area contributed by atoms with E-state index in [9.17, 15) is 9.18 Å². The second-order valence-electron chi connectivity index (χ2n) is 3.74. The minimum atomic E-state index is -0.455. The summed E-state index contributed by atoms with van der Waals surface area (Å²) >= 11 is 8.63. The molecule has 0 heterocycles. The number of nitrogens with one attached hydrogen (secondary N) is 1. The Balaban J connectivity index is 2.28. The van der Waals surface area contributed by atoms with Crippen molar-refractivity contribution in [3.05, 3.63) is 60.3 Å². The van der Waals surface area contributed by atoms with E-state index in [1.165, 1.54) is 12.1 Å². The molecule has 1 N–H and O–H groups in total. The van der Waals surface area contributed by atoms with Gasteiger partial charge in [-0.15, -0.1) is 0 Å². The molecule has 1 amide bonds. The van der Waals surface area contributed by atoms with Crippen LogP contribution in [0.1, 0.15) is 10.4 Å². The zero-order valence-corrected chi connectivity index (χ0v) is 14.7. The van der Waals surface area contributed by atoms with Gasteiger partial charge in [-0.05, 0) is 59.0 Å². The van der Waals surface area contributed by atoms with Crippen LogP contribution in [0.3, 0.4) is 0 Å². The number of carbonyl (C=O) groups excluding carboxylic acids is 1. The SMILES string of the molecule is O=C(Nc1cc(Br)ccc1I)c1cc(F)cc(Br)c1. The van der Waals surface area contributed by atoms with E-state index in [0.717, 1.165) is 8.04 Å². The fourth-order valence-corrected chi connectivity index (χ4v) is 2.77. The Hall–Kier alpha value is -0.470. The van der Waals surface area contributed by atoms with Crippen molar-refractivity contribution >= 4 is 66.0 Å². The van der Waals surface area contributed by atoms with Crippen molar-refractivity contribution in [3.63, 3.8) is 0 Å². The summed E-state index contributed by atoms with van der Waals surface area (Å²) in [6, 6.07) is 9.64. The van der Waals surface area contributed by atoms with E-state index in [1.54, 1.807) is 12.1 Å². The van der Waals surface area contributed by atoms with Crippen LogP contribution in [-0.2, 0) is 0 Å². The maximum Gasteiger partial charge on any atom is 0.255 e. The summed E-state index contributed by atoms with van der Waals surface area (Å²) < 4.78 is 15.6. The second kappa shape index (κ2) is 6.32. The molecule has 2 rings (SSSR count). The van der Waals surface area contributed by atoms with Gasteiger partial charge >= 0.3 is 0 Å². The van der Waals surface area contributed by atoms with Gasteiger partial charge in [0.2, 0.25) is 0 Å². The lowest BCUT2D eigenvalue weighted by Crippen LogP contribution is -2.13. The summed E-state index contributed by atoms with van der Waals surface area (Å²) in [7, 11) is 0. The first kappa shape index (κ1) is 14.9. The van der Waals surface area contributed by atoms with Crippen molar-refractivity contribution in [2.75, 3.05) is 5.32 Å². The zero-order chi connectivity index (χ0) is 14.0. The monoisotopic (exact) mass is 497 g/mol. The van der Waals surface area contributed by atoms with Gasteiger partial charge in [0.15, 0.2) is 0 Å². The molecule has 0 atom stereocenters. The highest BCUT2D eigenvalue weighted by Crippen LogP contribution is 2.24. The third kappa shape index (κ3) is 4.00. The number of anilines is 1. The molecule has 2 aromatic rings. The van der Waals surface area contributed by atoms with Crippen LogP contribution in [0.25, 0.3) is 0 Å². The first-order chi connectivity index (χ1) is 8.95. The lowest BCUT2D eigenvalue weighted by Gasteiger charge is -2.08. The topological polar surface area (TPSA) is 29.1 Å². The molecule has 0 saturated carbocycles. The predicted octanol–water partition coefficient (Wildman–Crippen LogP) is 5.21. The Kier molecular flexibility index (Phi) is 4.97. The molecule has 0 aromatic heterocycles. The summed E-state index contributed by atoms with van der Waals surface area (Å²) in [4.78, 5) is 12.1. The average molecular weight is 499 g/mol. The quantitative estimate of drug-likeness (QED) is 0.566. The van der Waals surface area contributed by atoms with Crippen molar-refractivity contribution in [1.82, 2.24) is 0 Å². The van der Waals surface area contributed by atoms with Gasteiger partial charge in [-0.3, -0.25) is 4.79 Å². The lowest BCUT2D eigenvalue weighted by atomic mass is 10.2. The minimum absolute atomic E-state index is 0.266. The molecular weight excluding hydrogens is 492 g/mol. The van der Waals surface area contributed by atoms with Crippen LogP contribution in [0.4, 0.5) is 10.1 Å². The third-order valence-electron chi connectivity index (χ3n) is 2.30. The fourth-order valence-electron chi connectivity index (χ4n) is 1.47. The maximum atomic E-state index is 13.3. The van der Waals surface area contributed by atoms with Crippen molar-refractivity contribution < 1.29 is 9.18 Å². The van der Waals surface area contributed by atoms with Gasteiger partial charge in [-0.1, -0.05) is 31.9 Å². The van der Waals surface area contributed by atoms with Crippen LogP contribution in [0, 0.1) is 9.39 Å². The molecule has 6 heteroatoms. The van der Waals surface area contributed by atoms with Crippen LogP contribution in [-0.4, -0.2) is 5.91 Å². The Morgan fingerprint density at radius 3 is 2.53 bits per heavy atom. The Morgan fingerprint density at radius 2 is 1.84 bits per heavy atom. The number of rotatable bonds is 2. The van der Waals surface area contributed by atoms with Crippen LogP contribution < -0.4 is 5.32 Å². The number of hydrogen-bond donors (Lipinski definition) is 1. The molecule has 0 unspecified atom stereocenters. The van der Waals surface area contributed by atoms with E-state index in [4.69, 9.17) is 0 Å². The van der Waals surface area contributed by atoms with E-state index in [0.29, 0.717) is 10.2 Å². The summed E-state index contributed by atoms with van der Waals surface area (Å²) in [6.07, 6.45) is 0. The van der Waals surface area contributed by atoms with E-state index >= 15 is 0 Å². The molecule has 0 aliphatic rings. The molecule has 0 fully saturated rings. The van der Waals surface area contributed by atoms with Crippen molar-refractivity contribution in [3.8, 4) is 0 Å². The standard InChI is InChI=1S/C13H7Br2FINO/c14-8-1-2-11(17)12(6-8)18-13(19)7-3-9(15)5-10(16)4-7/h1-6H,(H,18,19). The molecule has 2 aromatic carbocycles. The Bertz CT molecular complexity index is 628. The van der Waals surface area contributed by atoms with Gasteiger partial charge in [0.05, 0.1) is 5.69 Å². The van der Waals surface area contributed by atoms with Gasteiger partial charge in [-0.25, -0.2) is 4.39 Å². The molecule has 0 aliphatic carbocycles. The fraction of sp³-hybridized carbons (Fsp3) is 0. The van der Waals surface area contributed by atoms with E-state index < -0.39 is 5.82 Å². The molecule has 0 bridgehead atoms. The molecule has 0 radical (unpaired) electrons. The summed E-state index contributed by atoms with van der Waals surface area (Å²) in [5, 5.41) is 2.76. The third-order valence-corrected chi connectivity index (χ3v) is 4.19. The van der Waals surface area contributed by atoms with Crippen LogP contribution in [0.5, 0.6) is 0 Å². The Morgan fingerprint density at radius 1 is 1.11 bits per heavy atom. The highest BCUT2D eigenvalue weighted by Gasteiger charge is 2.10. The van der Waals surface area contributed by atoms with Gasteiger partial charge in [-0.2, -0.15) is 0 Å². The molecule has 0 saturated heterocycles. The predicted molar refractivity (Wildman–Crippen MR) is 88.9 cm³/mol. The first-order valence-electron chi connectivity index (χ1n) is 5.18. The zero-order valence-electron chi connectivity index (χ0n) is 9.38. The normalized spacial score (nSPS) is 10.3. The molecule has 19 heavy (non-hydrogen) atoms. The number of carbonyl (C=O) groups is 1. The number of hydrogen-bond acceptors (Lipinski definition) is 1. The molecule has 0 spiro atoms. The summed E-state index contributed by atoms with van der Waals surface area (Å²) in [5.41, 5.74) is 0.947. The molecule has 0 aliphatic heterocycles. The van der Waals surface area contributed by atoms with Crippen LogP contribution in [0.2, 0.25) is 0 Å². The number of benzene rings is 2. The van der Waals surface area contributed by atoms with E-state index in [2.05, 4.69) is 59.8 Å². The van der Waals surface area contributed by atoms with Gasteiger partial charge in [0.25, 0.3) is 5.91 Å².